The fourth-order valence-corrected chi connectivity index (χ4v) is 7.93. The van der Waals surface area contributed by atoms with Crippen LogP contribution in [0.4, 0.5) is 0 Å². The lowest BCUT2D eigenvalue weighted by Gasteiger charge is -2.34. The number of tetrazole rings is 1. The quantitative estimate of drug-likeness (QED) is 0.0977. The van der Waals surface area contributed by atoms with Crippen LogP contribution in [0.3, 0.4) is 0 Å². The van der Waals surface area contributed by atoms with Gasteiger partial charge in [0, 0.05) is 29.3 Å². The molecule has 57 heavy (non-hydrogen) atoms. The molecule has 2 heterocycles. The summed E-state index contributed by atoms with van der Waals surface area (Å²) in [5, 5.41) is 19.9. The standard InChI is InChI=1S/C50H48N6O/c1-4-19-48-46(47(52-55(48)37(2)3)36-57-35-39-20-9-5-10-21-39)34-38-30-32-40(33-31-38)44-28-17-18-29-45(44)49-51-54-56(53-49)50(41-22-11-6-12-23-41,42-24-13-7-14-25-42)43-26-15-8-16-27-43/h5-18,20-33,37H,4,19,34-36H2,1-3H3. The van der Waals surface area contributed by atoms with E-state index in [0.717, 1.165) is 63.9 Å². The lowest BCUT2D eigenvalue weighted by Crippen LogP contribution is -2.39. The minimum atomic E-state index is -0.850. The molecule has 0 bridgehead atoms. The maximum absolute atomic E-state index is 6.25. The molecule has 284 valence electrons. The van der Waals surface area contributed by atoms with Crippen molar-refractivity contribution in [1.29, 1.82) is 0 Å². The molecule has 0 saturated heterocycles. The molecular weight excluding hydrogens is 701 g/mol. The molecule has 0 saturated carbocycles. The Morgan fingerprint density at radius 2 is 1.12 bits per heavy atom. The first kappa shape index (κ1) is 37.5. The second kappa shape index (κ2) is 17.1. The second-order valence-electron chi connectivity index (χ2n) is 14.8. The first-order valence-corrected chi connectivity index (χ1v) is 19.9. The summed E-state index contributed by atoms with van der Waals surface area (Å²) < 4.78 is 8.45. The number of ether oxygens (including phenoxy) is 1. The zero-order valence-corrected chi connectivity index (χ0v) is 32.9. The molecule has 8 rings (SSSR count). The monoisotopic (exact) mass is 748 g/mol. The summed E-state index contributed by atoms with van der Waals surface area (Å²) in [5.74, 6) is 0.562. The van der Waals surface area contributed by atoms with Crippen LogP contribution in [0.2, 0.25) is 0 Å². The van der Waals surface area contributed by atoms with Crippen LogP contribution < -0.4 is 0 Å². The maximum Gasteiger partial charge on any atom is 0.205 e. The fraction of sp³-hybridized carbons (Fsp3) is 0.200. The molecule has 0 aliphatic rings. The van der Waals surface area contributed by atoms with Gasteiger partial charge in [0.25, 0.3) is 0 Å². The minimum absolute atomic E-state index is 0.261. The zero-order valence-electron chi connectivity index (χ0n) is 32.9. The van der Waals surface area contributed by atoms with Crippen LogP contribution in [0.25, 0.3) is 22.5 Å². The van der Waals surface area contributed by atoms with E-state index in [2.05, 4.69) is 153 Å². The third-order valence-corrected chi connectivity index (χ3v) is 10.6. The summed E-state index contributed by atoms with van der Waals surface area (Å²) in [5.41, 5.74) is 11.3. The van der Waals surface area contributed by atoms with Gasteiger partial charge in [0.2, 0.25) is 5.82 Å². The molecular formula is C50H48N6O. The first-order chi connectivity index (χ1) is 28.1. The van der Waals surface area contributed by atoms with Crippen LogP contribution in [0, 0.1) is 0 Å². The zero-order chi connectivity index (χ0) is 39.0. The van der Waals surface area contributed by atoms with Crippen molar-refractivity contribution >= 4 is 0 Å². The summed E-state index contributed by atoms with van der Waals surface area (Å²) in [4.78, 5) is 1.79. The predicted molar refractivity (Wildman–Crippen MR) is 228 cm³/mol. The van der Waals surface area contributed by atoms with E-state index in [4.69, 9.17) is 25.2 Å². The van der Waals surface area contributed by atoms with Crippen LogP contribution in [0.5, 0.6) is 0 Å². The Morgan fingerprint density at radius 3 is 1.68 bits per heavy atom. The van der Waals surface area contributed by atoms with E-state index < -0.39 is 5.54 Å². The fourth-order valence-electron chi connectivity index (χ4n) is 7.93. The summed E-state index contributed by atoms with van der Waals surface area (Å²) in [6.07, 6.45) is 2.80. The third kappa shape index (κ3) is 7.71. The van der Waals surface area contributed by atoms with Gasteiger partial charge in [-0.15, -0.1) is 15.0 Å². The number of hydrogen-bond acceptors (Lipinski definition) is 5. The van der Waals surface area contributed by atoms with Crippen LogP contribution in [-0.2, 0) is 36.3 Å². The highest BCUT2D eigenvalue weighted by molar-refractivity contribution is 5.80. The van der Waals surface area contributed by atoms with Gasteiger partial charge in [-0.2, -0.15) is 5.10 Å². The molecule has 0 unspecified atom stereocenters. The SMILES string of the molecule is CCCc1c(Cc2ccc(-c3ccccc3-c3nnn(C(c4ccccc4)(c4ccccc4)c4ccccc4)n3)cc2)c(COCc2ccccc2)nn1C(C)C. The Hall–Kier alpha value is -6.44. The molecule has 0 spiro atoms. The highest BCUT2D eigenvalue weighted by Gasteiger charge is 2.41. The Kier molecular flexibility index (Phi) is 11.3. The highest BCUT2D eigenvalue weighted by atomic mass is 16.5. The van der Waals surface area contributed by atoms with Crippen molar-refractivity contribution in [2.75, 3.05) is 0 Å². The van der Waals surface area contributed by atoms with E-state index in [1.54, 1.807) is 4.80 Å². The minimum Gasteiger partial charge on any atom is -0.370 e. The molecule has 0 N–H and O–H groups in total. The van der Waals surface area contributed by atoms with E-state index in [1.807, 2.05) is 42.5 Å². The third-order valence-electron chi connectivity index (χ3n) is 10.6. The van der Waals surface area contributed by atoms with Crippen molar-refractivity contribution in [2.24, 2.45) is 0 Å². The van der Waals surface area contributed by atoms with Gasteiger partial charge in [-0.05, 0) is 64.4 Å². The smallest absolute Gasteiger partial charge is 0.205 e. The number of aromatic nitrogens is 6. The molecule has 6 aromatic carbocycles. The van der Waals surface area contributed by atoms with Gasteiger partial charge in [-0.3, -0.25) is 4.68 Å². The summed E-state index contributed by atoms with van der Waals surface area (Å²) in [6.45, 7) is 7.67. The van der Waals surface area contributed by atoms with Gasteiger partial charge >= 0.3 is 0 Å². The van der Waals surface area contributed by atoms with E-state index in [9.17, 15) is 0 Å². The maximum atomic E-state index is 6.25. The van der Waals surface area contributed by atoms with Gasteiger partial charge in [-0.1, -0.05) is 183 Å². The van der Waals surface area contributed by atoms with Gasteiger partial charge in [0.05, 0.1) is 18.9 Å². The van der Waals surface area contributed by atoms with Gasteiger partial charge < -0.3 is 4.74 Å². The second-order valence-corrected chi connectivity index (χ2v) is 14.8. The molecule has 0 aliphatic carbocycles. The average molecular weight is 749 g/mol. The van der Waals surface area contributed by atoms with Gasteiger partial charge in [0.15, 0.2) is 5.54 Å². The molecule has 7 heteroatoms. The Morgan fingerprint density at radius 1 is 0.579 bits per heavy atom. The molecule has 8 aromatic rings. The Bertz CT molecular complexity index is 2400. The Labute approximate surface area is 335 Å². The van der Waals surface area contributed by atoms with E-state index in [-0.39, 0.29) is 6.04 Å². The molecule has 0 radical (unpaired) electrons. The normalized spacial score (nSPS) is 11.6. The van der Waals surface area contributed by atoms with Crippen LogP contribution in [0.15, 0.2) is 170 Å². The van der Waals surface area contributed by atoms with E-state index in [1.165, 1.54) is 16.8 Å². The topological polar surface area (TPSA) is 70.7 Å². The van der Waals surface area contributed by atoms with Crippen molar-refractivity contribution in [3.8, 4) is 22.5 Å². The molecule has 7 nitrogen and oxygen atoms in total. The number of hydrogen-bond donors (Lipinski definition) is 0. The number of nitrogens with zero attached hydrogens (tertiary/aromatic N) is 6. The molecule has 2 aromatic heterocycles. The lowest BCUT2D eigenvalue weighted by atomic mass is 9.77. The van der Waals surface area contributed by atoms with Crippen molar-refractivity contribution in [3.05, 3.63) is 215 Å². The number of rotatable bonds is 15. The Balaban J connectivity index is 1.12. The first-order valence-electron chi connectivity index (χ1n) is 19.9. The van der Waals surface area contributed by atoms with Crippen molar-refractivity contribution in [2.45, 2.75) is 64.8 Å². The van der Waals surface area contributed by atoms with Crippen molar-refractivity contribution in [3.63, 3.8) is 0 Å². The highest BCUT2D eigenvalue weighted by Crippen LogP contribution is 2.40. The van der Waals surface area contributed by atoms with E-state index >= 15 is 0 Å². The summed E-state index contributed by atoms with van der Waals surface area (Å²) in [7, 11) is 0. The van der Waals surface area contributed by atoms with Crippen molar-refractivity contribution in [1.82, 2.24) is 30.0 Å². The molecule has 0 atom stereocenters. The largest absolute Gasteiger partial charge is 0.370 e. The summed E-state index contributed by atoms with van der Waals surface area (Å²) in [6, 6.07) is 59.1. The van der Waals surface area contributed by atoms with Gasteiger partial charge in [-0.25, -0.2) is 0 Å². The van der Waals surface area contributed by atoms with Gasteiger partial charge in [0.1, 0.15) is 0 Å². The predicted octanol–water partition coefficient (Wildman–Crippen LogP) is 10.9. The van der Waals surface area contributed by atoms with Crippen LogP contribution in [0.1, 0.15) is 78.0 Å². The van der Waals surface area contributed by atoms with Crippen molar-refractivity contribution < 1.29 is 4.74 Å². The molecule has 0 aliphatic heterocycles. The lowest BCUT2D eigenvalue weighted by molar-refractivity contribution is 0.103. The van der Waals surface area contributed by atoms with Crippen LogP contribution in [-0.4, -0.2) is 30.0 Å². The molecule has 0 fully saturated rings. The number of benzene rings is 6. The van der Waals surface area contributed by atoms with E-state index in [0.29, 0.717) is 19.0 Å². The van der Waals surface area contributed by atoms with Crippen LogP contribution >= 0.6 is 0 Å². The molecule has 0 amide bonds. The average Bonchev–Trinajstić information content (AvgIpc) is 3.89. The summed E-state index contributed by atoms with van der Waals surface area (Å²) >= 11 is 0.